The van der Waals surface area contributed by atoms with Gasteiger partial charge in [-0.1, -0.05) is 84.5 Å². The third kappa shape index (κ3) is 12.0. The third-order valence-electron chi connectivity index (χ3n) is 4.42. The highest BCUT2D eigenvalue weighted by Crippen LogP contribution is 2.16. The van der Waals surface area contributed by atoms with Gasteiger partial charge in [0.15, 0.2) is 0 Å². The summed E-state index contributed by atoms with van der Waals surface area (Å²) >= 11 is 0. The van der Waals surface area contributed by atoms with Crippen molar-refractivity contribution >= 4 is 0 Å². The first-order valence-corrected chi connectivity index (χ1v) is 9.45. The Labute approximate surface area is 136 Å². The van der Waals surface area contributed by atoms with Gasteiger partial charge in [-0.2, -0.15) is 0 Å². The molecule has 0 spiro atoms. The molecule has 0 saturated carbocycles. The lowest BCUT2D eigenvalue weighted by atomic mass is 9.98. The highest BCUT2D eigenvalue weighted by atomic mass is 16.6. The molecule has 0 aromatic rings. The molecule has 22 heavy (non-hydrogen) atoms. The summed E-state index contributed by atoms with van der Waals surface area (Å²) in [6, 6.07) is -0.763. The van der Waals surface area contributed by atoms with Gasteiger partial charge in [0.05, 0.1) is 0 Å². The monoisotopic (exact) mass is 315 g/mol. The Balaban J connectivity index is 3.63. The van der Waals surface area contributed by atoms with Crippen LogP contribution in [0.2, 0.25) is 0 Å². The van der Waals surface area contributed by atoms with Crippen LogP contribution in [0.25, 0.3) is 0 Å². The molecule has 0 radical (unpaired) electrons. The first kappa shape index (κ1) is 21.4. The number of aliphatic hydroxyl groups is 1. The summed E-state index contributed by atoms with van der Waals surface area (Å²) in [5, 5.41) is 21.1. The number of nitrogens with zero attached hydrogens (tertiary/aromatic N) is 1. The van der Waals surface area contributed by atoms with Crippen LogP contribution in [0.1, 0.15) is 104 Å². The first-order valence-electron chi connectivity index (χ1n) is 9.45. The van der Waals surface area contributed by atoms with Gasteiger partial charge in [0.2, 0.25) is 6.04 Å². The average molecular weight is 315 g/mol. The fraction of sp³-hybridized carbons (Fsp3) is 1.00. The minimum absolute atomic E-state index is 0.284. The van der Waals surface area contributed by atoms with Crippen LogP contribution in [0.3, 0.4) is 0 Å². The molecule has 0 aliphatic heterocycles. The molecule has 0 amide bonds. The predicted molar refractivity (Wildman–Crippen MR) is 92.8 cm³/mol. The van der Waals surface area contributed by atoms with Crippen molar-refractivity contribution in [2.45, 2.75) is 116 Å². The summed E-state index contributed by atoms with van der Waals surface area (Å²) in [5.41, 5.74) is 0. The van der Waals surface area contributed by atoms with E-state index in [0.29, 0.717) is 12.8 Å². The molecule has 4 heteroatoms. The Morgan fingerprint density at radius 1 is 0.773 bits per heavy atom. The Morgan fingerprint density at radius 2 is 1.18 bits per heavy atom. The molecule has 2 atom stereocenters. The minimum Gasteiger partial charge on any atom is -0.386 e. The Hall–Kier alpha value is -0.640. The van der Waals surface area contributed by atoms with Crippen molar-refractivity contribution in [3.8, 4) is 0 Å². The molecule has 0 aromatic carbocycles. The van der Waals surface area contributed by atoms with E-state index in [1.807, 2.05) is 0 Å². The van der Waals surface area contributed by atoms with Crippen molar-refractivity contribution in [2.24, 2.45) is 0 Å². The average Bonchev–Trinajstić information content (AvgIpc) is 2.49. The van der Waals surface area contributed by atoms with Crippen LogP contribution in [0.5, 0.6) is 0 Å². The van der Waals surface area contributed by atoms with Gasteiger partial charge >= 0.3 is 0 Å². The second-order valence-corrected chi connectivity index (χ2v) is 6.53. The van der Waals surface area contributed by atoms with Gasteiger partial charge < -0.3 is 5.11 Å². The quantitative estimate of drug-likeness (QED) is 0.232. The van der Waals surface area contributed by atoms with Crippen molar-refractivity contribution < 1.29 is 10.0 Å². The van der Waals surface area contributed by atoms with Gasteiger partial charge in [0.1, 0.15) is 6.10 Å². The zero-order valence-electron chi connectivity index (χ0n) is 14.8. The van der Waals surface area contributed by atoms with E-state index in [1.165, 1.54) is 44.9 Å². The molecule has 0 aliphatic carbocycles. The van der Waals surface area contributed by atoms with Crippen molar-refractivity contribution in [2.75, 3.05) is 0 Å². The number of hydrogen-bond acceptors (Lipinski definition) is 3. The molecule has 0 rings (SSSR count). The number of hydrogen-bond donors (Lipinski definition) is 1. The summed E-state index contributed by atoms with van der Waals surface area (Å²) < 4.78 is 0. The summed E-state index contributed by atoms with van der Waals surface area (Å²) in [6.45, 7) is 4.31. The van der Waals surface area contributed by atoms with E-state index in [2.05, 4.69) is 13.8 Å². The Morgan fingerprint density at radius 3 is 1.68 bits per heavy atom. The maximum Gasteiger partial charge on any atom is 0.238 e. The van der Waals surface area contributed by atoms with Crippen LogP contribution in [-0.2, 0) is 0 Å². The summed E-state index contributed by atoms with van der Waals surface area (Å²) in [4.78, 5) is 10.8. The molecule has 1 N–H and O–H groups in total. The lowest BCUT2D eigenvalue weighted by molar-refractivity contribution is -0.535. The zero-order chi connectivity index (χ0) is 16.6. The molecule has 4 nitrogen and oxygen atoms in total. The highest BCUT2D eigenvalue weighted by Gasteiger charge is 2.28. The molecule has 0 unspecified atom stereocenters. The molecule has 0 saturated heterocycles. The fourth-order valence-corrected chi connectivity index (χ4v) is 2.90. The SMILES string of the molecule is CCCCCCCCCCC[C@@H](O)[C@@H](CCCCC)[N+](=O)[O-]. The van der Waals surface area contributed by atoms with Gasteiger partial charge in [0, 0.05) is 11.3 Å². The second kappa shape index (κ2) is 15.3. The van der Waals surface area contributed by atoms with Crippen molar-refractivity contribution in [1.82, 2.24) is 0 Å². The van der Waals surface area contributed by atoms with Crippen LogP contribution < -0.4 is 0 Å². The smallest absolute Gasteiger partial charge is 0.238 e. The molecule has 0 bridgehead atoms. The maximum absolute atomic E-state index is 11.0. The molecule has 0 heterocycles. The molecular weight excluding hydrogens is 278 g/mol. The maximum atomic E-state index is 11.0. The van der Waals surface area contributed by atoms with Gasteiger partial charge in [-0.15, -0.1) is 0 Å². The molecular formula is C18H37NO3. The summed E-state index contributed by atoms with van der Waals surface area (Å²) in [5.74, 6) is 0. The molecule has 0 aromatic heterocycles. The van der Waals surface area contributed by atoms with E-state index in [4.69, 9.17) is 0 Å². The topological polar surface area (TPSA) is 63.4 Å². The molecule has 0 fully saturated rings. The van der Waals surface area contributed by atoms with E-state index in [9.17, 15) is 15.2 Å². The lowest BCUT2D eigenvalue weighted by Gasteiger charge is -2.15. The minimum atomic E-state index is -0.767. The van der Waals surface area contributed by atoms with Crippen molar-refractivity contribution in [3.05, 3.63) is 10.1 Å². The second-order valence-electron chi connectivity index (χ2n) is 6.53. The lowest BCUT2D eigenvalue weighted by Crippen LogP contribution is -2.33. The van der Waals surface area contributed by atoms with Gasteiger partial charge in [-0.05, 0) is 12.8 Å². The van der Waals surface area contributed by atoms with Gasteiger partial charge in [-0.25, -0.2) is 0 Å². The van der Waals surface area contributed by atoms with E-state index in [-0.39, 0.29) is 4.92 Å². The fourth-order valence-electron chi connectivity index (χ4n) is 2.90. The van der Waals surface area contributed by atoms with Gasteiger partial charge in [-0.3, -0.25) is 10.1 Å². The number of nitro groups is 1. The molecule has 0 aliphatic rings. The van der Waals surface area contributed by atoms with Crippen molar-refractivity contribution in [3.63, 3.8) is 0 Å². The zero-order valence-corrected chi connectivity index (χ0v) is 14.8. The van der Waals surface area contributed by atoms with E-state index in [0.717, 1.165) is 32.1 Å². The summed E-state index contributed by atoms with van der Waals surface area (Å²) in [6.07, 6.45) is 14.3. The van der Waals surface area contributed by atoms with Crippen LogP contribution in [0.15, 0.2) is 0 Å². The third-order valence-corrected chi connectivity index (χ3v) is 4.42. The van der Waals surface area contributed by atoms with E-state index >= 15 is 0 Å². The summed E-state index contributed by atoms with van der Waals surface area (Å²) in [7, 11) is 0. The standard InChI is InChI=1S/C18H37NO3/c1-3-5-7-8-9-10-11-12-14-16-18(20)17(19(21)22)15-13-6-4-2/h17-18,20H,3-16H2,1-2H3/t17-,18-/m1/s1. The first-order chi connectivity index (χ1) is 10.6. The van der Waals surface area contributed by atoms with Crippen LogP contribution in [0.4, 0.5) is 0 Å². The highest BCUT2D eigenvalue weighted by molar-refractivity contribution is 4.68. The predicted octanol–water partition coefficient (Wildman–Crippen LogP) is 5.49. The van der Waals surface area contributed by atoms with Crippen LogP contribution >= 0.6 is 0 Å². The van der Waals surface area contributed by atoms with Gasteiger partial charge in [0.25, 0.3) is 0 Å². The normalized spacial score (nSPS) is 14.0. The number of unbranched alkanes of at least 4 members (excludes halogenated alkanes) is 10. The van der Waals surface area contributed by atoms with Crippen molar-refractivity contribution in [1.29, 1.82) is 0 Å². The van der Waals surface area contributed by atoms with Crippen LogP contribution in [-0.4, -0.2) is 22.2 Å². The van der Waals surface area contributed by atoms with Crippen LogP contribution in [0, 0.1) is 10.1 Å². The largest absolute Gasteiger partial charge is 0.386 e. The Kier molecular flexibility index (Phi) is 14.8. The molecule has 132 valence electrons. The van der Waals surface area contributed by atoms with E-state index < -0.39 is 12.1 Å². The number of aliphatic hydroxyl groups excluding tert-OH is 1. The van der Waals surface area contributed by atoms with E-state index in [1.54, 1.807) is 0 Å². The Bertz CT molecular complexity index is 259. The number of rotatable bonds is 16.